The number of nitro groups is 1. The molecule has 1 aromatic rings. The molecular formula is C8H7NO5S. The summed E-state index contributed by atoms with van der Waals surface area (Å²) in [5, 5.41) is 18.7. The first-order chi connectivity index (χ1) is 7.00. The lowest BCUT2D eigenvalue weighted by atomic mass is 10.3. The second kappa shape index (κ2) is 4.65. The van der Waals surface area contributed by atoms with Crippen molar-refractivity contribution in [2.45, 2.75) is 4.90 Å². The summed E-state index contributed by atoms with van der Waals surface area (Å²) >= 11 is 0. The van der Waals surface area contributed by atoms with E-state index in [0.29, 0.717) is 0 Å². The second-order valence-electron chi connectivity index (χ2n) is 2.63. The van der Waals surface area contributed by atoms with Crippen molar-refractivity contribution in [3.05, 3.63) is 34.4 Å². The maximum Gasteiger partial charge on any atom is 0.316 e. The number of aliphatic carboxylic acids is 1. The first-order valence-electron chi connectivity index (χ1n) is 3.85. The van der Waals surface area contributed by atoms with Crippen molar-refractivity contribution in [2.24, 2.45) is 0 Å². The molecule has 0 saturated heterocycles. The molecule has 80 valence electrons. The maximum atomic E-state index is 11.3. The van der Waals surface area contributed by atoms with Gasteiger partial charge in [0, 0.05) is 17.0 Å². The largest absolute Gasteiger partial charge is 0.481 e. The Balaban J connectivity index is 2.84. The minimum absolute atomic E-state index is 0.119. The van der Waals surface area contributed by atoms with Crippen molar-refractivity contribution in [2.75, 3.05) is 5.75 Å². The quantitative estimate of drug-likeness (QED) is 0.608. The highest BCUT2D eigenvalue weighted by atomic mass is 32.2. The van der Waals surface area contributed by atoms with Crippen LogP contribution < -0.4 is 0 Å². The highest BCUT2D eigenvalue weighted by Crippen LogP contribution is 2.14. The average molecular weight is 229 g/mol. The summed E-state index contributed by atoms with van der Waals surface area (Å²) in [6, 6.07) is 4.96. The molecule has 1 aromatic carbocycles. The summed E-state index contributed by atoms with van der Waals surface area (Å²) in [4.78, 5) is 20.2. The van der Waals surface area contributed by atoms with Crippen LogP contribution in [0, 0.1) is 10.1 Å². The van der Waals surface area contributed by atoms with E-state index < -0.39 is 27.4 Å². The number of carboxylic acids is 1. The molecule has 0 amide bonds. The van der Waals surface area contributed by atoms with Gasteiger partial charge in [0.1, 0.15) is 5.75 Å². The molecule has 0 aliphatic rings. The van der Waals surface area contributed by atoms with E-state index in [0.717, 1.165) is 0 Å². The van der Waals surface area contributed by atoms with Crippen molar-refractivity contribution in [1.82, 2.24) is 0 Å². The summed E-state index contributed by atoms with van der Waals surface area (Å²) in [5.41, 5.74) is -0.119. The third-order valence-corrected chi connectivity index (χ3v) is 2.87. The molecule has 0 fully saturated rings. The first-order valence-corrected chi connectivity index (χ1v) is 5.17. The van der Waals surface area contributed by atoms with Crippen LogP contribution in [0.4, 0.5) is 5.69 Å². The number of non-ortho nitro benzene ring substituents is 1. The molecular weight excluding hydrogens is 222 g/mol. The smallest absolute Gasteiger partial charge is 0.316 e. The van der Waals surface area contributed by atoms with Gasteiger partial charge < -0.3 is 5.11 Å². The minimum atomic E-state index is -1.66. The molecule has 6 nitrogen and oxygen atoms in total. The van der Waals surface area contributed by atoms with Crippen LogP contribution in [0.2, 0.25) is 0 Å². The van der Waals surface area contributed by atoms with E-state index in [2.05, 4.69) is 0 Å². The monoisotopic (exact) mass is 229 g/mol. The zero-order valence-electron chi connectivity index (χ0n) is 7.45. The van der Waals surface area contributed by atoms with E-state index >= 15 is 0 Å². The van der Waals surface area contributed by atoms with Crippen LogP contribution in [0.5, 0.6) is 0 Å². The van der Waals surface area contributed by atoms with Gasteiger partial charge in [0.05, 0.1) is 15.7 Å². The van der Waals surface area contributed by atoms with Crippen LogP contribution >= 0.6 is 0 Å². The molecule has 1 atom stereocenters. The van der Waals surface area contributed by atoms with E-state index in [1.54, 1.807) is 0 Å². The van der Waals surface area contributed by atoms with E-state index in [9.17, 15) is 19.1 Å². The van der Waals surface area contributed by atoms with Crippen molar-refractivity contribution in [3.8, 4) is 0 Å². The average Bonchev–Trinajstić information content (AvgIpc) is 2.17. The van der Waals surface area contributed by atoms with Crippen LogP contribution in [-0.2, 0) is 15.6 Å². The molecule has 0 bridgehead atoms. The fourth-order valence-corrected chi connectivity index (χ4v) is 1.75. The zero-order valence-corrected chi connectivity index (χ0v) is 8.27. The van der Waals surface area contributed by atoms with Gasteiger partial charge in [-0.25, -0.2) is 0 Å². The number of rotatable bonds is 4. The standard InChI is InChI=1S/C8H7NO5S/c10-8(11)5-15(14)7-3-1-6(2-4-7)9(12)13/h1-4H,5H2,(H,10,11)/t15-/m0/s1. The normalized spacial score (nSPS) is 12.0. The van der Waals surface area contributed by atoms with Crippen LogP contribution in [0.25, 0.3) is 0 Å². The van der Waals surface area contributed by atoms with Gasteiger partial charge in [-0.2, -0.15) is 0 Å². The van der Waals surface area contributed by atoms with Gasteiger partial charge >= 0.3 is 5.97 Å². The van der Waals surface area contributed by atoms with E-state index in [4.69, 9.17) is 5.11 Å². The van der Waals surface area contributed by atoms with E-state index in [1.165, 1.54) is 24.3 Å². The molecule has 15 heavy (non-hydrogen) atoms. The number of carboxylic acid groups (broad SMARTS) is 1. The topological polar surface area (TPSA) is 97.5 Å². The SMILES string of the molecule is O=C(O)C[S@](=O)c1ccc([N+](=O)[O-])cc1. The van der Waals surface area contributed by atoms with Gasteiger partial charge in [-0.1, -0.05) is 0 Å². The highest BCUT2D eigenvalue weighted by Gasteiger charge is 2.10. The molecule has 0 radical (unpaired) electrons. The van der Waals surface area contributed by atoms with Crippen LogP contribution in [0.3, 0.4) is 0 Å². The van der Waals surface area contributed by atoms with Crippen molar-refractivity contribution >= 4 is 22.5 Å². The lowest BCUT2D eigenvalue weighted by Gasteiger charge is -1.98. The van der Waals surface area contributed by atoms with E-state index in [-0.39, 0.29) is 10.6 Å². The Labute approximate surface area is 87.1 Å². The Morgan fingerprint density at radius 2 is 1.93 bits per heavy atom. The molecule has 0 saturated carbocycles. The predicted octanol–water partition coefficient (Wildman–Crippen LogP) is 0.787. The molecule has 0 aromatic heterocycles. The summed E-state index contributed by atoms with van der Waals surface area (Å²) < 4.78 is 11.3. The summed E-state index contributed by atoms with van der Waals surface area (Å²) in [6.07, 6.45) is 0. The number of carbonyl (C=O) groups is 1. The number of hydrogen-bond acceptors (Lipinski definition) is 4. The Kier molecular flexibility index (Phi) is 3.51. The summed E-state index contributed by atoms with van der Waals surface area (Å²) in [7, 11) is -1.66. The summed E-state index contributed by atoms with van der Waals surface area (Å²) in [6.45, 7) is 0. The number of nitrogens with zero attached hydrogens (tertiary/aromatic N) is 1. The minimum Gasteiger partial charge on any atom is -0.481 e. The third-order valence-electron chi connectivity index (χ3n) is 1.57. The first kappa shape index (κ1) is 11.3. The predicted molar refractivity (Wildman–Crippen MR) is 52.0 cm³/mol. The van der Waals surface area contributed by atoms with Gasteiger partial charge in [-0.3, -0.25) is 19.1 Å². The Morgan fingerprint density at radius 3 is 2.33 bits per heavy atom. The van der Waals surface area contributed by atoms with Gasteiger partial charge in [0.15, 0.2) is 0 Å². The lowest BCUT2D eigenvalue weighted by Crippen LogP contribution is -2.09. The Morgan fingerprint density at radius 1 is 1.40 bits per heavy atom. The lowest BCUT2D eigenvalue weighted by molar-refractivity contribution is -0.384. The van der Waals surface area contributed by atoms with Gasteiger partial charge in [0.25, 0.3) is 5.69 Å². The Bertz CT molecular complexity index is 414. The van der Waals surface area contributed by atoms with Crippen LogP contribution in [0.1, 0.15) is 0 Å². The molecule has 1 N–H and O–H groups in total. The molecule has 7 heteroatoms. The number of benzene rings is 1. The maximum absolute atomic E-state index is 11.3. The molecule has 0 aliphatic carbocycles. The van der Waals surface area contributed by atoms with Crippen molar-refractivity contribution < 1.29 is 19.0 Å². The fraction of sp³-hybridized carbons (Fsp3) is 0.125. The third kappa shape index (κ3) is 3.13. The highest BCUT2D eigenvalue weighted by molar-refractivity contribution is 7.85. The molecule has 0 unspecified atom stereocenters. The van der Waals surface area contributed by atoms with E-state index in [1.807, 2.05) is 0 Å². The molecule has 0 spiro atoms. The van der Waals surface area contributed by atoms with Gasteiger partial charge in [-0.15, -0.1) is 0 Å². The molecule has 1 rings (SSSR count). The van der Waals surface area contributed by atoms with Crippen LogP contribution in [-0.4, -0.2) is 26.0 Å². The number of nitro benzene ring substituents is 1. The van der Waals surface area contributed by atoms with Gasteiger partial charge in [-0.05, 0) is 12.1 Å². The molecule has 0 aliphatic heterocycles. The second-order valence-corrected chi connectivity index (χ2v) is 4.09. The van der Waals surface area contributed by atoms with Crippen molar-refractivity contribution in [3.63, 3.8) is 0 Å². The zero-order chi connectivity index (χ0) is 11.4. The number of hydrogen-bond donors (Lipinski definition) is 1. The van der Waals surface area contributed by atoms with Crippen LogP contribution in [0.15, 0.2) is 29.2 Å². The van der Waals surface area contributed by atoms with Crippen molar-refractivity contribution in [1.29, 1.82) is 0 Å². The van der Waals surface area contributed by atoms with Gasteiger partial charge in [0.2, 0.25) is 0 Å². The summed E-state index contributed by atoms with van der Waals surface area (Å²) in [5.74, 6) is -1.68. The fourth-order valence-electron chi connectivity index (χ4n) is 0.915. The molecule has 0 heterocycles. The Hall–Kier alpha value is -1.76.